The molecule has 0 saturated heterocycles. The third-order valence-electron chi connectivity index (χ3n) is 14.8. The van der Waals surface area contributed by atoms with E-state index >= 15 is 0 Å². The van der Waals surface area contributed by atoms with Crippen molar-refractivity contribution in [1.29, 1.82) is 0 Å². The largest absolute Gasteiger partial charge is 0.393 e. The number of carbonyl (C=O) groups is 1. The van der Waals surface area contributed by atoms with Gasteiger partial charge in [0.25, 0.3) is 0 Å². The lowest BCUT2D eigenvalue weighted by molar-refractivity contribution is -0.120. The van der Waals surface area contributed by atoms with Crippen LogP contribution in [0.2, 0.25) is 0 Å². The number of Topliss-reactive ketones (excluding diaryl/α,β-unsaturated/α-hetero) is 1. The average Bonchev–Trinajstić information content (AvgIpc) is 3.40. The van der Waals surface area contributed by atoms with Crippen LogP contribution < -0.4 is 0 Å². The van der Waals surface area contributed by atoms with E-state index in [1.54, 1.807) is 5.57 Å². The number of hydrogen-bond acceptors (Lipinski definition) is 2. The normalized spacial score (nSPS) is 33.1. The van der Waals surface area contributed by atoms with E-state index in [-0.39, 0.29) is 6.10 Å². The maximum Gasteiger partial charge on any atom is 0.133 e. The summed E-state index contributed by atoms with van der Waals surface area (Å²) < 4.78 is 0. The standard InChI is InChI=1S/C45H80O2/c1-6-7-8-9-10-11-12-13-14-15-16-17-18-19-20-24-38(46)33-35(2)22-21-23-36(3)41-27-28-42-40-26-25-37-34-39(47)29-31-44(37,4)43(40)30-32-45(41,42)5/h25,35-36,39-43,47H,6-24,26-34H2,1-5H3/t35?,36-,39+,40+,41-,42+,43+,44+,45-/m1/s1. The molecule has 2 nitrogen and oxygen atoms in total. The number of aliphatic hydroxyl groups excluding tert-OH is 1. The Balaban J connectivity index is 1.03. The Labute approximate surface area is 293 Å². The fraction of sp³-hybridized carbons (Fsp3) is 0.933. The molecule has 1 unspecified atom stereocenters. The van der Waals surface area contributed by atoms with Gasteiger partial charge >= 0.3 is 0 Å². The van der Waals surface area contributed by atoms with Gasteiger partial charge in [0, 0.05) is 12.8 Å². The molecule has 0 aromatic rings. The fourth-order valence-corrected chi connectivity index (χ4v) is 11.9. The molecule has 0 aromatic carbocycles. The van der Waals surface area contributed by atoms with Crippen LogP contribution in [0.15, 0.2) is 11.6 Å². The molecule has 9 atom stereocenters. The molecule has 2 heteroatoms. The second kappa shape index (κ2) is 19.7. The Kier molecular flexibility index (Phi) is 16.4. The van der Waals surface area contributed by atoms with Crippen LogP contribution in [-0.4, -0.2) is 17.0 Å². The Bertz CT molecular complexity index is 936. The van der Waals surface area contributed by atoms with Gasteiger partial charge in [0.05, 0.1) is 6.10 Å². The summed E-state index contributed by atoms with van der Waals surface area (Å²) in [5, 5.41) is 10.3. The monoisotopic (exact) mass is 653 g/mol. The number of hydrogen-bond donors (Lipinski definition) is 1. The van der Waals surface area contributed by atoms with Crippen molar-refractivity contribution in [3.63, 3.8) is 0 Å². The molecule has 1 N–H and O–H groups in total. The molecular weight excluding hydrogens is 572 g/mol. The number of fused-ring (bicyclic) bond motifs is 5. The van der Waals surface area contributed by atoms with E-state index in [9.17, 15) is 9.90 Å². The van der Waals surface area contributed by atoms with E-state index in [0.717, 1.165) is 61.7 Å². The SMILES string of the molecule is CCCCCCCCCCCCCCCCCC(=O)CC(C)CCC[C@@H](C)[C@H]1CC[C@H]2[C@@H]3CC=C4C[C@@H](O)CC[C@]4(C)[C@H]3CC[C@]12C. The lowest BCUT2D eigenvalue weighted by Crippen LogP contribution is -2.50. The molecule has 4 aliphatic rings. The van der Waals surface area contributed by atoms with E-state index in [0.29, 0.717) is 22.5 Å². The lowest BCUT2D eigenvalue weighted by atomic mass is 9.47. The van der Waals surface area contributed by atoms with E-state index < -0.39 is 0 Å². The topological polar surface area (TPSA) is 37.3 Å². The minimum atomic E-state index is -0.101. The number of unbranched alkanes of at least 4 members (excludes halogenated alkanes) is 14. The van der Waals surface area contributed by atoms with Crippen molar-refractivity contribution in [2.45, 2.75) is 221 Å². The van der Waals surface area contributed by atoms with Crippen LogP contribution in [0.5, 0.6) is 0 Å². The highest BCUT2D eigenvalue weighted by atomic mass is 16.3. The maximum absolute atomic E-state index is 12.7. The van der Waals surface area contributed by atoms with Gasteiger partial charge in [-0.05, 0) is 104 Å². The predicted octanol–water partition coefficient (Wildman–Crippen LogP) is 13.6. The zero-order chi connectivity index (χ0) is 33.7. The van der Waals surface area contributed by atoms with Gasteiger partial charge in [0.15, 0.2) is 0 Å². The highest BCUT2D eigenvalue weighted by Crippen LogP contribution is 2.67. The summed E-state index contributed by atoms with van der Waals surface area (Å²) >= 11 is 0. The zero-order valence-corrected chi connectivity index (χ0v) is 32.3. The van der Waals surface area contributed by atoms with Crippen LogP contribution in [0.1, 0.15) is 214 Å². The highest BCUT2D eigenvalue weighted by molar-refractivity contribution is 5.78. The number of aliphatic hydroxyl groups is 1. The van der Waals surface area contributed by atoms with Gasteiger partial charge in [0.1, 0.15) is 5.78 Å². The third kappa shape index (κ3) is 10.9. The summed E-state index contributed by atoms with van der Waals surface area (Å²) in [5.41, 5.74) is 2.48. The van der Waals surface area contributed by atoms with E-state index in [2.05, 4.69) is 40.7 Å². The molecule has 0 heterocycles. The molecule has 0 spiro atoms. The summed E-state index contributed by atoms with van der Waals surface area (Å²) in [4.78, 5) is 12.7. The summed E-state index contributed by atoms with van der Waals surface area (Å²) in [6, 6.07) is 0. The summed E-state index contributed by atoms with van der Waals surface area (Å²) in [7, 11) is 0. The minimum Gasteiger partial charge on any atom is -0.393 e. The lowest BCUT2D eigenvalue weighted by Gasteiger charge is -2.58. The van der Waals surface area contributed by atoms with Crippen molar-refractivity contribution < 1.29 is 9.90 Å². The van der Waals surface area contributed by atoms with Crippen molar-refractivity contribution in [2.75, 3.05) is 0 Å². The smallest absolute Gasteiger partial charge is 0.133 e. The molecular formula is C45H80O2. The molecule has 0 aromatic heterocycles. The Morgan fingerprint density at radius 1 is 0.766 bits per heavy atom. The van der Waals surface area contributed by atoms with Crippen LogP contribution in [0.4, 0.5) is 0 Å². The minimum absolute atomic E-state index is 0.101. The molecule has 0 amide bonds. The number of allylic oxidation sites excluding steroid dienone is 1. The first-order valence-corrected chi connectivity index (χ1v) is 21.6. The van der Waals surface area contributed by atoms with Gasteiger partial charge in [0.2, 0.25) is 0 Å². The van der Waals surface area contributed by atoms with Crippen molar-refractivity contribution in [1.82, 2.24) is 0 Å². The Hall–Kier alpha value is -0.630. The van der Waals surface area contributed by atoms with Gasteiger partial charge in [-0.15, -0.1) is 0 Å². The number of ketones is 1. The van der Waals surface area contributed by atoms with E-state index in [1.807, 2.05) is 0 Å². The Morgan fingerprint density at radius 3 is 2.02 bits per heavy atom. The number of carbonyl (C=O) groups excluding carboxylic acids is 1. The highest BCUT2D eigenvalue weighted by Gasteiger charge is 2.59. The van der Waals surface area contributed by atoms with Crippen molar-refractivity contribution in [3.8, 4) is 0 Å². The molecule has 3 saturated carbocycles. The first kappa shape index (κ1) is 39.2. The van der Waals surface area contributed by atoms with Crippen molar-refractivity contribution in [2.24, 2.45) is 46.3 Å². The summed E-state index contributed by atoms with van der Waals surface area (Å²) in [6.07, 6.45) is 38.8. The first-order valence-electron chi connectivity index (χ1n) is 21.6. The second-order valence-electron chi connectivity index (χ2n) is 18.3. The second-order valence-corrected chi connectivity index (χ2v) is 18.3. The Morgan fingerprint density at radius 2 is 1.38 bits per heavy atom. The first-order chi connectivity index (χ1) is 22.7. The van der Waals surface area contributed by atoms with Crippen LogP contribution in [-0.2, 0) is 4.79 Å². The quantitative estimate of drug-likeness (QED) is 0.0881. The molecule has 47 heavy (non-hydrogen) atoms. The average molecular weight is 653 g/mol. The summed E-state index contributed by atoms with van der Waals surface area (Å²) in [6.45, 7) is 12.4. The van der Waals surface area contributed by atoms with Crippen molar-refractivity contribution in [3.05, 3.63) is 11.6 Å². The van der Waals surface area contributed by atoms with Crippen LogP contribution in [0, 0.1) is 46.3 Å². The van der Waals surface area contributed by atoms with Crippen LogP contribution >= 0.6 is 0 Å². The van der Waals surface area contributed by atoms with Gasteiger partial charge in [-0.25, -0.2) is 0 Å². The molecule has 4 aliphatic carbocycles. The zero-order valence-electron chi connectivity index (χ0n) is 32.3. The molecule has 4 rings (SSSR count). The van der Waals surface area contributed by atoms with Gasteiger partial charge in [-0.1, -0.05) is 155 Å². The number of rotatable bonds is 23. The molecule has 0 bridgehead atoms. The molecule has 0 aliphatic heterocycles. The predicted molar refractivity (Wildman–Crippen MR) is 203 cm³/mol. The molecule has 0 radical (unpaired) electrons. The van der Waals surface area contributed by atoms with Gasteiger partial charge in [-0.2, -0.15) is 0 Å². The van der Waals surface area contributed by atoms with Crippen LogP contribution in [0.25, 0.3) is 0 Å². The van der Waals surface area contributed by atoms with E-state index in [4.69, 9.17) is 0 Å². The third-order valence-corrected chi connectivity index (χ3v) is 14.8. The molecule has 3 fully saturated rings. The summed E-state index contributed by atoms with van der Waals surface area (Å²) in [5.74, 6) is 5.36. The maximum atomic E-state index is 12.7. The van der Waals surface area contributed by atoms with Gasteiger partial charge < -0.3 is 5.11 Å². The van der Waals surface area contributed by atoms with Gasteiger partial charge in [-0.3, -0.25) is 4.79 Å². The molecule has 272 valence electrons. The van der Waals surface area contributed by atoms with E-state index in [1.165, 1.54) is 148 Å². The fourth-order valence-electron chi connectivity index (χ4n) is 11.9. The van der Waals surface area contributed by atoms with Crippen LogP contribution in [0.3, 0.4) is 0 Å². The van der Waals surface area contributed by atoms with Crippen molar-refractivity contribution >= 4 is 5.78 Å².